The molecule has 0 spiro atoms. The summed E-state index contributed by atoms with van der Waals surface area (Å²) in [5, 5.41) is 0. The number of nitrogens with zero attached hydrogens (tertiary/aromatic N) is 5. The summed E-state index contributed by atoms with van der Waals surface area (Å²) in [7, 11) is 0. The van der Waals surface area contributed by atoms with E-state index in [1.807, 2.05) is 30.2 Å². The topological polar surface area (TPSA) is 71.5 Å². The predicted octanol–water partition coefficient (Wildman–Crippen LogP) is 3.94. The molecule has 7 nitrogen and oxygen atoms in total. The SMILES string of the molecule is Cc1ccccc1-c1cnc(-c2ccncc2)nc1C1CCCN(C(=O)C(C)N2CCOCC2)C1. The first-order valence-corrected chi connectivity index (χ1v) is 12.6. The largest absolute Gasteiger partial charge is 0.379 e. The van der Waals surface area contributed by atoms with Crippen LogP contribution in [0.2, 0.25) is 0 Å². The van der Waals surface area contributed by atoms with E-state index in [2.05, 4.69) is 41.1 Å². The van der Waals surface area contributed by atoms with E-state index < -0.39 is 0 Å². The second-order valence-electron chi connectivity index (χ2n) is 9.49. The van der Waals surface area contributed by atoms with Crippen LogP contribution < -0.4 is 0 Å². The van der Waals surface area contributed by atoms with Crippen molar-refractivity contribution in [2.75, 3.05) is 39.4 Å². The van der Waals surface area contributed by atoms with Crippen molar-refractivity contribution in [3.05, 3.63) is 66.2 Å². The van der Waals surface area contributed by atoms with Crippen molar-refractivity contribution in [2.24, 2.45) is 0 Å². The minimum Gasteiger partial charge on any atom is -0.379 e. The number of rotatable bonds is 5. The molecule has 0 N–H and O–H groups in total. The highest BCUT2D eigenvalue weighted by atomic mass is 16.5. The van der Waals surface area contributed by atoms with Gasteiger partial charge in [-0.25, -0.2) is 9.97 Å². The minimum absolute atomic E-state index is 0.133. The summed E-state index contributed by atoms with van der Waals surface area (Å²) in [5.41, 5.74) is 5.37. The molecule has 1 amide bonds. The monoisotopic (exact) mass is 471 g/mol. The van der Waals surface area contributed by atoms with Gasteiger partial charge in [-0.1, -0.05) is 24.3 Å². The molecule has 5 rings (SSSR count). The van der Waals surface area contributed by atoms with E-state index in [9.17, 15) is 4.79 Å². The van der Waals surface area contributed by atoms with Crippen molar-refractivity contribution in [2.45, 2.75) is 38.6 Å². The lowest BCUT2D eigenvalue weighted by atomic mass is 9.88. The van der Waals surface area contributed by atoms with Crippen LogP contribution >= 0.6 is 0 Å². The van der Waals surface area contributed by atoms with Crippen molar-refractivity contribution in [1.82, 2.24) is 24.8 Å². The Labute approximate surface area is 207 Å². The summed E-state index contributed by atoms with van der Waals surface area (Å²) in [5.74, 6) is 1.06. The highest BCUT2D eigenvalue weighted by Gasteiger charge is 2.32. The number of carbonyl (C=O) groups is 1. The smallest absolute Gasteiger partial charge is 0.239 e. The van der Waals surface area contributed by atoms with Crippen LogP contribution in [0.25, 0.3) is 22.5 Å². The average molecular weight is 472 g/mol. The van der Waals surface area contributed by atoms with E-state index >= 15 is 0 Å². The molecule has 0 aliphatic carbocycles. The summed E-state index contributed by atoms with van der Waals surface area (Å²) >= 11 is 0. The van der Waals surface area contributed by atoms with Crippen LogP contribution in [0.15, 0.2) is 55.0 Å². The molecule has 1 aromatic carbocycles. The van der Waals surface area contributed by atoms with Crippen molar-refractivity contribution in [3.63, 3.8) is 0 Å². The predicted molar refractivity (Wildman–Crippen MR) is 136 cm³/mol. The molecule has 2 aliphatic rings. The van der Waals surface area contributed by atoms with Gasteiger partial charge < -0.3 is 9.64 Å². The van der Waals surface area contributed by atoms with Gasteiger partial charge >= 0.3 is 0 Å². The number of benzene rings is 1. The zero-order valence-corrected chi connectivity index (χ0v) is 20.6. The third-order valence-electron chi connectivity index (χ3n) is 7.26. The van der Waals surface area contributed by atoms with E-state index in [1.165, 1.54) is 5.56 Å². The number of likely N-dealkylation sites (tertiary alicyclic amines) is 1. The Morgan fingerprint density at radius 3 is 2.60 bits per heavy atom. The van der Waals surface area contributed by atoms with Crippen LogP contribution in [0, 0.1) is 6.92 Å². The molecule has 4 heterocycles. The molecule has 2 aliphatic heterocycles. The van der Waals surface area contributed by atoms with Gasteiger partial charge in [0.05, 0.1) is 24.9 Å². The van der Waals surface area contributed by atoms with Gasteiger partial charge in [0.1, 0.15) is 0 Å². The molecule has 2 aromatic heterocycles. The van der Waals surface area contributed by atoms with E-state index in [0.29, 0.717) is 25.6 Å². The third-order valence-corrected chi connectivity index (χ3v) is 7.26. The van der Waals surface area contributed by atoms with E-state index in [1.54, 1.807) is 12.4 Å². The van der Waals surface area contributed by atoms with Gasteiger partial charge in [-0.2, -0.15) is 0 Å². The van der Waals surface area contributed by atoms with Crippen molar-refractivity contribution >= 4 is 5.91 Å². The quantitative estimate of drug-likeness (QED) is 0.561. The number of ether oxygens (including phenoxy) is 1. The van der Waals surface area contributed by atoms with Crippen LogP contribution in [-0.2, 0) is 9.53 Å². The molecule has 7 heteroatoms. The molecule has 2 fully saturated rings. The summed E-state index contributed by atoms with van der Waals surface area (Å²) in [6, 6.07) is 12.1. The molecular weight excluding hydrogens is 438 g/mol. The third kappa shape index (κ3) is 5.11. The first-order chi connectivity index (χ1) is 17.1. The van der Waals surface area contributed by atoms with E-state index in [-0.39, 0.29) is 17.9 Å². The minimum atomic E-state index is -0.133. The van der Waals surface area contributed by atoms with Gasteiger partial charge in [0, 0.05) is 61.8 Å². The Balaban J connectivity index is 1.47. The zero-order chi connectivity index (χ0) is 24.2. The van der Waals surface area contributed by atoms with Gasteiger partial charge in [-0.15, -0.1) is 0 Å². The van der Waals surface area contributed by atoms with Crippen LogP contribution in [0.5, 0.6) is 0 Å². The molecule has 0 saturated carbocycles. The van der Waals surface area contributed by atoms with Gasteiger partial charge in [-0.05, 0) is 49.9 Å². The van der Waals surface area contributed by atoms with Crippen molar-refractivity contribution in [1.29, 1.82) is 0 Å². The second-order valence-corrected chi connectivity index (χ2v) is 9.49. The zero-order valence-electron chi connectivity index (χ0n) is 20.6. The number of aryl methyl sites for hydroxylation is 1. The number of hydrogen-bond donors (Lipinski definition) is 0. The Morgan fingerprint density at radius 1 is 1.06 bits per heavy atom. The van der Waals surface area contributed by atoms with E-state index in [0.717, 1.165) is 54.9 Å². The number of carbonyl (C=O) groups excluding carboxylic acids is 1. The summed E-state index contributed by atoms with van der Waals surface area (Å²) in [4.78, 5) is 31.7. The molecular formula is C28H33N5O2. The fourth-order valence-corrected chi connectivity index (χ4v) is 5.21. The second kappa shape index (κ2) is 10.6. The molecule has 3 aromatic rings. The molecule has 2 unspecified atom stereocenters. The summed E-state index contributed by atoms with van der Waals surface area (Å²) in [6.07, 6.45) is 7.45. The first kappa shape index (κ1) is 23.6. The fraction of sp³-hybridized carbons (Fsp3) is 0.429. The number of aromatic nitrogens is 3. The van der Waals surface area contributed by atoms with E-state index in [4.69, 9.17) is 14.7 Å². The van der Waals surface area contributed by atoms with Crippen molar-refractivity contribution in [3.8, 4) is 22.5 Å². The molecule has 2 saturated heterocycles. The summed E-state index contributed by atoms with van der Waals surface area (Å²) < 4.78 is 5.48. The normalized spacial score (nSPS) is 19.9. The Hall–Kier alpha value is -3.16. The Bertz CT molecular complexity index is 1160. The Morgan fingerprint density at radius 2 is 1.83 bits per heavy atom. The maximum atomic E-state index is 13.5. The molecule has 182 valence electrons. The van der Waals surface area contributed by atoms with Gasteiger partial charge in [0.25, 0.3) is 0 Å². The maximum Gasteiger partial charge on any atom is 0.239 e. The van der Waals surface area contributed by atoms with Gasteiger partial charge in [0.2, 0.25) is 5.91 Å². The lowest BCUT2D eigenvalue weighted by Crippen LogP contribution is -2.52. The highest BCUT2D eigenvalue weighted by molar-refractivity contribution is 5.82. The molecule has 0 bridgehead atoms. The van der Waals surface area contributed by atoms with Gasteiger partial charge in [-0.3, -0.25) is 14.7 Å². The standard InChI is InChI=1S/C28H33N5O2/c1-20-6-3-4-8-24(20)25-18-30-27(22-9-11-29-12-10-22)31-26(25)23-7-5-13-33(19-23)28(34)21(2)32-14-16-35-17-15-32/h3-4,6,8-12,18,21,23H,5,7,13-17,19H2,1-2H3. The van der Waals surface area contributed by atoms with Crippen LogP contribution in [0.3, 0.4) is 0 Å². The number of pyridine rings is 1. The fourth-order valence-electron chi connectivity index (χ4n) is 5.21. The number of hydrogen-bond acceptors (Lipinski definition) is 6. The number of amides is 1. The lowest BCUT2D eigenvalue weighted by Gasteiger charge is -2.38. The lowest BCUT2D eigenvalue weighted by molar-refractivity contribution is -0.139. The summed E-state index contributed by atoms with van der Waals surface area (Å²) in [6.45, 7) is 8.63. The number of morpholine rings is 1. The molecule has 2 atom stereocenters. The highest BCUT2D eigenvalue weighted by Crippen LogP contribution is 2.35. The molecule has 35 heavy (non-hydrogen) atoms. The average Bonchev–Trinajstić information content (AvgIpc) is 2.93. The van der Waals surface area contributed by atoms with Crippen LogP contribution in [0.4, 0.5) is 0 Å². The maximum absolute atomic E-state index is 13.5. The molecule has 0 radical (unpaired) electrons. The Kier molecular flexibility index (Phi) is 7.16. The van der Waals surface area contributed by atoms with Crippen molar-refractivity contribution < 1.29 is 9.53 Å². The number of piperidine rings is 1. The van der Waals surface area contributed by atoms with Gasteiger partial charge in [0.15, 0.2) is 5.82 Å². The van der Waals surface area contributed by atoms with Crippen LogP contribution in [-0.4, -0.2) is 76.1 Å². The first-order valence-electron chi connectivity index (χ1n) is 12.6. The van der Waals surface area contributed by atoms with Crippen LogP contribution in [0.1, 0.15) is 36.9 Å².